The number of carboxylic acid groups (broad SMARTS) is 1. The van der Waals surface area contributed by atoms with E-state index in [9.17, 15) is 9.90 Å². The molecule has 0 fully saturated rings. The van der Waals surface area contributed by atoms with Gasteiger partial charge in [0.15, 0.2) is 0 Å². The highest BCUT2D eigenvalue weighted by Gasteiger charge is 2.11. The molecular weight excluding hydrogens is 184 g/mol. The number of phenolic OH excluding ortho intramolecular Hbond substituents is 1. The van der Waals surface area contributed by atoms with Gasteiger partial charge in [-0.15, -0.1) is 5.10 Å². The first-order valence-electron chi connectivity index (χ1n) is 3.87. The van der Waals surface area contributed by atoms with E-state index in [0.29, 0.717) is 5.39 Å². The van der Waals surface area contributed by atoms with Crippen LogP contribution in [0.4, 0.5) is 0 Å². The summed E-state index contributed by atoms with van der Waals surface area (Å²) >= 11 is 0. The van der Waals surface area contributed by atoms with Crippen LogP contribution in [0.1, 0.15) is 10.4 Å². The van der Waals surface area contributed by atoms with E-state index < -0.39 is 5.97 Å². The summed E-state index contributed by atoms with van der Waals surface area (Å²) in [5.41, 5.74) is 0.235. The monoisotopic (exact) mass is 190 g/mol. The Morgan fingerprint density at radius 1 is 1.36 bits per heavy atom. The smallest absolute Gasteiger partial charge is 0.338 e. The zero-order valence-corrected chi connectivity index (χ0v) is 7.01. The van der Waals surface area contributed by atoms with Crippen LogP contribution in [0.25, 0.3) is 10.9 Å². The van der Waals surface area contributed by atoms with Crippen molar-refractivity contribution in [3.63, 3.8) is 0 Å². The molecule has 0 aliphatic carbocycles. The molecule has 0 atom stereocenters. The summed E-state index contributed by atoms with van der Waals surface area (Å²) in [6.45, 7) is 0. The lowest BCUT2D eigenvalue weighted by Gasteiger charge is -2.01. The molecule has 0 radical (unpaired) electrons. The summed E-state index contributed by atoms with van der Waals surface area (Å²) in [4.78, 5) is 10.8. The van der Waals surface area contributed by atoms with Crippen molar-refractivity contribution in [1.29, 1.82) is 0 Å². The highest BCUT2D eigenvalue weighted by molar-refractivity contribution is 6.03. The van der Waals surface area contributed by atoms with E-state index in [4.69, 9.17) is 5.11 Å². The van der Waals surface area contributed by atoms with Crippen LogP contribution in [0.5, 0.6) is 5.75 Å². The number of aromatic nitrogens is 2. The Hall–Kier alpha value is -2.17. The molecule has 1 aromatic heterocycles. The second-order valence-electron chi connectivity index (χ2n) is 2.74. The van der Waals surface area contributed by atoms with Crippen LogP contribution in [0.2, 0.25) is 0 Å². The molecule has 70 valence electrons. The van der Waals surface area contributed by atoms with Crippen molar-refractivity contribution >= 4 is 16.9 Å². The van der Waals surface area contributed by atoms with Crippen LogP contribution in [0, 0.1) is 0 Å². The molecular formula is C9H6N2O3. The van der Waals surface area contributed by atoms with Crippen molar-refractivity contribution in [3.8, 4) is 5.75 Å². The van der Waals surface area contributed by atoms with Gasteiger partial charge in [0.25, 0.3) is 0 Å². The number of hydrogen-bond donors (Lipinski definition) is 2. The third-order valence-electron chi connectivity index (χ3n) is 1.88. The Bertz CT molecular complexity index is 510. The van der Waals surface area contributed by atoms with E-state index in [1.807, 2.05) is 0 Å². The molecule has 5 heteroatoms. The molecule has 0 amide bonds. The van der Waals surface area contributed by atoms with Gasteiger partial charge in [-0.3, -0.25) is 0 Å². The quantitative estimate of drug-likeness (QED) is 0.701. The highest BCUT2D eigenvalue weighted by Crippen LogP contribution is 2.23. The number of benzene rings is 1. The number of rotatable bonds is 1. The lowest BCUT2D eigenvalue weighted by atomic mass is 10.1. The number of carboxylic acids is 1. The number of carbonyl (C=O) groups is 1. The first-order valence-corrected chi connectivity index (χ1v) is 3.87. The summed E-state index contributed by atoms with van der Waals surface area (Å²) < 4.78 is 0. The van der Waals surface area contributed by atoms with E-state index >= 15 is 0 Å². The summed E-state index contributed by atoms with van der Waals surface area (Å²) in [6.07, 6.45) is 1.16. The number of phenols is 1. The fraction of sp³-hybridized carbons (Fsp3) is 0. The first kappa shape index (κ1) is 8.43. The minimum absolute atomic E-state index is 0.0332. The number of nitrogens with zero attached hydrogens (tertiary/aromatic N) is 2. The number of fused-ring (bicyclic) bond motifs is 1. The van der Waals surface area contributed by atoms with Crippen molar-refractivity contribution in [1.82, 2.24) is 10.2 Å². The van der Waals surface area contributed by atoms with Crippen molar-refractivity contribution in [2.45, 2.75) is 0 Å². The predicted octanol–water partition coefficient (Wildman–Crippen LogP) is 1.03. The van der Waals surface area contributed by atoms with E-state index in [0.717, 1.165) is 6.20 Å². The Labute approximate surface area is 78.6 Å². The molecule has 1 aromatic carbocycles. The molecule has 0 spiro atoms. The fourth-order valence-electron chi connectivity index (χ4n) is 1.24. The Kier molecular flexibility index (Phi) is 1.78. The average Bonchev–Trinajstić information content (AvgIpc) is 2.17. The van der Waals surface area contributed by atoms with Crippen molar-refractivity contribution < 1.29 is 15.0 Å². The largest absolute Gasteiger partial charge is 0.506 e. The maximum absolute atomic E-state index is 10.8. The molecule has 2 aromatic rings. The second kappa shape index (κ2) is 2.95. The lowest BCUT2D eigenvalue weighted by molar-refractivity contribution is 0.0698. The van der Waals surface area contributed by atoms with Crippen molar-refractivity contribution in [3.05, 3.63) is 30.0 Å². The van der Waals surface area contributed by atoms with Gasteiger partial charge < -0.3 is 10.2 Å². The predicted molar refractivity (Wildman–Crippen MR) is 48.2 cm³/mol. The van der Waals surface area contributed by atoms with Gasteiger partial charge in [0.05, 0.1) is 11.8 Å². The van der Waals surface area contributed by atoms with Gasteiger partial charge in [-0.2, -0.15) is 5.10 Å². The Morgan fingerprint density at radius 2 is 2.14 bits per heavy atom. The molecule has 2 N–H and O–H groups in total. The maximum Gasteiger partial charge on any atom is 0.338 e. The number of hydrogen-bond acceptors (Lipinski definition) is 4. The van der Waals surface area contributed by atoms with Crippen molar-refractivity contribution in [2.24, 2.45) is 0 Å². The standard InChI is InChI=1S/C9H6N2O3/c12-7-3-1-2-5-6(9(13)14)4-10-11-8(5)7/h1-4,12H,(H,13,14). The first-order chi connectivity index (χ1) is 6.70. The zero-order valence-electron chi connectivity index (χ0n) is 7.01. The van der Waals surface area contributed by atoms with Crippen LogP contribution < -0.4 is 0 Å². The highest BCUT2D eigenvalue weighted by atomic mass is 16.4. The van der Waals surface area contributed by atoms with Crippen molar-refractivity contribution in [2.75, 3.05) is 0 Å². The molecule has 5 nitrogen and oxygen atoms in total. The summed E-state index contributed by atoms with van der Waals surface area (Å²) in [7, 11) is 0. The third kappa shape index (κ3) is 1.15. The Balaban J connectivity index is 2.88. The normalized spacial score (nSPS) is 10.3. The van der Waals surface area contributed by atoms with Crippen LogP contribution in [0.3, 0.4) is 0 Å². The van der Waals surface area contributed by atoms with E-state index in [2.05, 4.69) is 10.2 Å². The molecule has 14 heavy (non-hydrogen) atoms. The molecule has 1 heterocycles. The van der Waals surface area contributed by atoms with Crippen LogP contribution in [-0.2, 0) is 0 Å². The average molecular weight is 190 g/mol. The fourth-order valence-corrected chi connectivity index (χ4v) is 1.24. The van der Waals surface area contributed by atoms with Gasteiger partial charge >= 0.3 is 5.97 Å². The van der Waals surface area contributed by atoms with Gasteiger partial charge in [-0.05, 0) is 6.07 Å². The molecule has 0 aliphatic rings. The molecule has 0 aliphatic heterocycles. The Morgan fingerprint density at radius 3 is 2.86 bits per heavy atom. The van der Waals surface area contributed by atoms with E-state index in [1.54, 1.807) is 12.1 Å². The molecule has 0 unspecified atom stereocenters. The van der Waals surface area contributed by atoms with Crippen LogP contribution in [-0.4, -0.2) is 26.4 Å². The minimum atomic E-state index is -1.09. The number of aromatic hydroxyl groups is 1. The topological polar surface area (TPSA) is 83.3 Å². The van der Waals surface area contributed by atoms with Gasteiger partial charge in [-0.25, -0.2) is 4.79 Å². The maximum atomic E-state index is 10.8. The summed E-state index contributed by atoms with van der Waals surface area (Å²) in [6, 6.07) is 4.57. The summed E-state index contributed by atoms with van der Waals surface area (Å²) in [5, 5.41) is 25.8. The van der Waals surface area contributed by atoms with Crippen LogP contribution >= 0.6 is 0 Å². The lowest BCUT2D eigenvalue weighted by Crippen LogP contribution is -1.99. The van der Waals surface area contributed by atoms with Gasteiger partial charge in [0.1, 0.15) is 11.3 Å². The van der Waals surface area contributed by atoms with Gasteiger partial charge in [0, 0.05) is 5.39 Å². The minimum Gasteiger partial charge on any atom is -0.506 e. The summed E-state index contributed by atoms with van der Waals surface area (Å²) in [5.74, 6) is -1.16. The zero-order chi connectivity index (χ0) is 10.1. The van der Waals surface area contributed by atoms with E-state index in [1.165, 1.54) is 6.07 Å². The second-order valence-corrected chi connectivity index (χ2v) is 2.74. The SMILES string of the molecule is O=C(O)c1cnnc2c(O)cccc12. The third-order valence-corrected chi connectivity index (χ3v) is 1.88. The van der Waals surface area contributed by atoms with Crippen LogP contribution in [0.15, 0.2) is 24.4 Å². The van der Waals surface area contributed by atoms with E-state index in [-0.39, 0.29) is 16.8 Å². The van der Waals surface area contributed by atoms with Gasteiger partial charge in [-0.1, -0.05) is 12.1 Å². The molecule has 0 saturated heterocycles. The molecule has 0 saturated carbocycles. The van der Waals surface area contributed by atoms with Gasteiger partial charge in [0.2, 0.25) is 0 Å². The molecule has 2 rings (SSSR count). The molecule has 0 bridgehead atoms. The number of aromatic carboxylic acids is 1.